The topological polar surface area (TPSA) is 17.1 Å². The van der Waals surface area contributed by atoms with Gasteiger partial charge in [-0.2, -0.15) is 8.78 Å². The Morgan fingerprint density at radius 3 is 2.19 bits per heavy atom. The summed E-state index contributed by atoms with van der Waals surface area (Å²) in [4.78, 5) is 12.0. The number of Topliss-reactive ketones (excluding diaryl/α,β-unsaturated/α-hetero) is 1. The summed E-state index contributed by atoms with van der Waals surface area (Å²) >= 11 is 0. The molecule has 0 heterocycles. The first-order valence-electron chi connectivity index (χ1n) is 10.5. The zero-order chi connectivity index (χ0) is 19.0. The van der Waals surface area contributed by atoms with Gasteiger partial charge >= 0.3 is 5.92 Å². The van der Waals surface area contributed by atoms with E-state index in [1.165, 1.54) is 63.4 Å². The summed E-state index contributed by atoms with van der Waals surface area (Å²) in [5, 5.41) is 0. The maximum atomic E-state index is 13.8. The lowest BCUT2D eigenvalue weighted by Crippen LogP contribution is -2.28. The van der Waals surface area contributed by atoms with Crippen molar-refractivity contribution in [2.45, 2.75) is 96.3 Å². The van der Waals surface area contributed by atoms with Gasteiger partial charge in [0.1, 0.15) is 0 Å². The first-order chi connectivity index (χ1) is 12.5. The van der Waals surface area contributed by atoms with Crippen molar-refractivity contribution in [3.05, 3.63) is 35.4 Å². The van der Waals surface area contributed by atoms with Gasteiger partial charge in [0.25, 0.3) is 0 Å². The van der Waals surface area contributed by atoms with E-state index >= 15 is 0 Å². The number of rotatable bonds is 10. The molecule has 0 aliphatic heterocycles. The van der Waals surface area contributed by atoms with Gasteiger partial charge in [0.05, 0.1) is 0 Å². The Balaban J connectivity index is 1.85. The maximum absolute atomic E-state index is 13.8. The van der Waals surface area contributed by atoms with Crippen LogP contribution in [0.25, 0.3) is 0 Å². The van der Waals surface area contributed by atoms with Gasteiger partial charge in [-0.25, -0.2) is 0 Å². The van der Waals surface area contributed by atoms with Crippen molar-refractivity contribution >= 4 is 5.78 Å². The third-order valence-corrected chi connectivity index (χ3v) is 5.85. The smallest absolute Gasteiger partial charge is 0.287 e. The Morgan fingerprint density at radius 1 is 0.962 bits per heavy atom. The standard InChI is InChI=1S/C23H34F2O/c1-3-5-6-7-8-18-9-11-19(12-10-18)20-13-15-21(16-14-20)22(26)23(24,25)17-4-2/h13-16,18-19H,3-12,17H2,1-2H3/t18-,19-. The summed E-state index contributed by atoms with van der Waals surface area (Å²) < 4.78 is 27.6. The van der Waals surface area contributed by atoms with Gasteiger partial charge in [-0.05, 0) is 49.5 Å². The van der Waals surface area contributed by atoms with E-state index < -0.39 is 11.7 Å². The highest BCUT2D eigenvalue weighted by atomic mass is 19.3. The Labute approximate surface area is 157 Å². The van der Waals surface area contributed by atoms with Crippen LogP contribution in [0.3, 0.4) is 0 Å². The molecule has 146 valence electrons. The zero-order valence-electron chi connectivity index (χ0n) is 16.4. The van der Waals surface area contributed by atoms with Gasteiger partial charge < -0.3 is 0 Å². The van der Waals surface area contributed by atoms with E-state index in [-0.39, 0.29) is 12.0 Å². The molecule has 26 heavy (non-hydrogen) atoms. The van der Waals surface area contributed by atoms with Gasteiger partial charge in [-0.15, -0.1) is 0 Å². The number of carbonyl (C=O) groups is 1. The quantitative estimate of drug-likeness (QED) is 0.309. The molecule has 0 radical (unpaired) electrons. The average Bonchev–Trinajstić information content (AvgIpc) is 2.65. The molecular formula is C23H34F2O. The SMILES string of the molecule is CCCCCC[C@H]1CC[C@H](c2ccc(C(=O)C(F)(F)CCC)cc2)CC1. The molecule has 0 unspecified atom stereocenters. The number of halogens is 2. The van der Waals surface area contributed by atoms with E-state index in [1.54, 1.807) is 19.1 Å². The summed E-state index contributed by atoms with van der Waals surface area (Å²) in [5.41, 5.74) is 1.33. The van der Waals surface area contributed by atoms with Crippen LogP contribution < -0.4 is 0 Å². The second-order valence-electron chi connectivity index (χ2n) is 7.97. The van der Waals surface area contributed by atoms with Crippen LogP contribution in [0.2, 0.25) is 0 Å². The number of hydrogen-bond donors (Lipinski definition) is 0. The molecule has 2 rings (SSSR count). The predicted octanol–water partition coefficient (Wildman–Crippen LogP) is 7.55. The first-order valence-corrected chi connectivity index (χ1v) is 10.5. The van der Waals surface area contributed by atoms with Crippen LogP contribution in [-0.2, 0) is 0 Å². The summed E-state index contributed by atoms with van der Waals surface area (Å²) in [5.74, 6) is -2.91. The second kappa shape index (κ2) is 10.2. The fraction of sp³-hybridized carbons (Fsp3) is 0.696. The molecule has 0 aromatic heterocycles. The lowest BCUT2D eigenvalue weighted by Gasteiger charge is -2.29. The van der Waals surface area contributed by atoms with E-state index in [0.717, 1.165) is 5.92 Å². The highest BCUT2D eigenvalue weighted by Gasteiger charge is 2.38. The van der Waals surface area contributed by atoms with Crippen LogP contribution >= 0.6 is 0 Å². The summed E-state index contributed by atoms with van der Waals surface area (Å²) in [6.45, 7) is 3.92. The van der Waals surface area contributed by atoms with E-state index in [9.17, 15) is 13.6 Å². The molecule has 0 bridgehead atoms. The molecule has 0 spiro atoms. The normalized spacial score (nSPS) is 20.9. The van der Waals surface area contributed by atoms with Crippen LogP contribution in [0.1, 0.15) is 106 Å². The van der Waals surface area contributed by atoms with Crippen LogP contribution in [-0.4, -0.2) is 11.7 Å². The first kappa shape index (κ1) is 21.1. The van der Waals surface area contributed by atoms with Crippen molar-refractivity contribution < 1.29 is 13.6 Å². The number of alkyl halides is 2. The number of carbonyl (C=O) groups excluding carboxylic acids is 1. The Kier molecular flexibility index (Phi) is 8.24. The highest BCUT2D eigenvalue weighted by Crippen LogP contribution is 2.38. The highest BCUT2D eigenvalue weighted by molar-refractivity contribution is 6.01. The average molecular weight is 365 g/mol. The molecule has 1 aliphatic rings. The third kappa shape index (κ3) is 5.89. The van der Waals surface area contributed by atoms with E-state index in [4.69, 9.17) is 0 Å². The minimum absolute atomic E-state index is 0.136. The Hall–Kier alpha value is -1.25. The number of unbranched alkanes of at least 4 members (excludes halogenated alkanes) is 3. The summed E-state index contributed by atoms with van der Waals surface area (Å²) in [7, 11) is 0. The van der Waals surface area contributed by atoms with Crippen molar-refractivity contribution in [1.29, 1.82) is 0 Å². The molecule has 0 saturated heterocycles. The summed E-state index contributed by atoms with van der Waals surface area (Å²) in [6.07, 6.45) is 11.5. The number of benzene rings is 1. The zero-order valence-corrected chi connectivity index (χ0v) is 16.4. The van der Waals surface area contributed by atoms with Crippen molar-refractivity contribution in [3.63, 3.8) is 0 Å². The van der Waals surface area contributed by atoms with E-state index in [0.29, 0.717) is 12.3 Å². The third-order valence-electron chi connectivity index (χ3n) is 5.85. The van der Waals surface area contributed by atoms with Gasteiger partial charge in [0.15, 0.2) is 0 Å². The molecule has 0 atom stereocenters. The van der Waals surface area contributed by atoms with Crippen LogP contribution in [0, 0.1) is 5.92 Å². The fourth-order valence-electron chi connectivity index (χ4n) is 4.19. The molecule has 3 heteroatoms. The molecule has 0 amide bonds. The van der Waals surface area contributed by atoms with E-state index in [1.807, 2.05) is 12.1 Å². The van der Waals surface area contributed by atoms with Crippen molar-refractivity contribution in [1.82, 2.24) is 0 Å². The lowest BCUT2D eigenvalue weighted by atomic mass is 9.77. The van der Waals surface area contributed by atoms with Crippen LogP contribution in [0.4, 0.5) is 8.78 Å². The van der Waals surface area contributed by atoms with Crippen molar-refractivity contribution in [2.75, 3.05) is 0 Å². The molecule has 0 N–H and O–H groups in total. The fourth-order valence-corrected chi connectivity index (χ4v) is 4.19. The molecule has 1 nitrogen and oxygen atoms in total. The predicted molar refractivity (Wildman–Crippen MR) is 104 cm³/mol. The minimum Gasteiger partial charge on any atom is -0.287 e. The number of ketones is 1. The Bertz CT molecular complexity index is 542. The van der Waals surface area contributed by atoms with E-state index in [2.05, 4.69) is 6.92 Å². The largest absolute Gasteiger partial charge is 0.309 e. The molecule has 1 fully saturated rings. The maximum Gasteiger partial charge on any atom is 0.309 e. The molecule has 1 aromatic rings. The summed E-state index contributed by atoms with van der Waals surface area (Å²) in [6, 6.07) is 6.97. The van der Waals surface area contributed by atoms with Gasteiger partial charge in [0, 0.05) is 12.0 Å². The molecule has 1 saturated carbocycles. The van der Waals surface area contributed by atoms with Crippen LogP contribution in [0.15, 0.2) is 24.3 Å². The van der Waals surface area contributed by atoms with Gasteiger partial charge in [-0.3, -0.25) is 4.79 Å². The minimum atomic E-state index is -3.24. The van der Waals surface area contributed by atoms with Gasteiger partial charge in [0.2, 0.25) is 5.78 Å². The lowest BCUT2D eigenvalue weighted by molar-refractivity contribution is 0.00453. The molecule has 1 aromatic carbocycles. The molecular weight excluding hydrogens is 330 g/mol. The second-order valence-corrected chi connectivity index (χ2v) is 7.97. The van der Waals surface area contributed by atoms with Gasteiger partial charge in [-0.1, -0.05) is 70.2 Å². The monoisotopic (exact) mass is 364 g/mol. The Morgan fingerprint density at radius 2 is 1.62 bits per heavy atom. The van der Waals surface area contributed by atoms with Crippen LogP contribution in [0.5, 0.6) is 0 Å². The molecule has 1 aliphatic carbocycles. The van der Waals surface area contributed by atoms with Crippen molar-refractivity contribution in [3.8, 4) is 0 Å². The van der Waals surface area contributed by atoms with Crippen molar-refractivity contribution in [2.24, 2.45) is 5.92 Å². The number of hydrogen-bond acceptors (Lipinski definition) is 1.